The van der Waals surface area contributed by atoms with Crippen LogP contribution in [0.1, 0.15) is 54.4 Å². The zero-order chi connectivity index (χ0) is 19.2. The average molecular weight is 367 g/mol. The fourth-order valence-electron chi connectivity index (χ4n) is 3.66. The second kappa shape index (κ2) is 10.3. The van der Waals surface area contributed by atoms with Crippen molar-refractivity contribution < 1.29 is 0 Å². The molecule has 1 unspecified atom stereocenters. The highest BCUT2D eigenvalue weighted by molar-refractivity contribution is 5.53. The van der Waals surface area contributed by atoms with Crippen LogP contribution >= 0.6 is 0 Å². The summed E-state index contributed by atoms with van der Waals surface area (Å²) in [4.78, 5) is 2.59. The van der Waals surface area contributed by atoms with E-state index in [0.717, 1.165) is 6.54 Å². The second-order valence-corrected chi connectivity index (χ2v) is 7.76. The number of benzene rings is 1. The van der Waals surface area contributed by atoms with Crippen LogP contribution in [0.15, 0.2) is 77.4 Å². The first kappa shape index (κ1) is 23.0. The van der Waals surface area contributed by atoms with E-state index in [1.165, 1.54) is 29.7 Å². The van der Waals surface area contributed by atoms with E-state index in [9.17, 15) is 0 Å². The van der Waals surface area contributed by atoms with Crippen molar-refractivity contribution in [3.8, 4) is 0 Å². The van der Waals surface area contributed by atoms with E-state index in [4.69, 9.17) is 0 Å². The summed E-state index contributed by atoms with van der Waals surface area (Å²) in [6.45, 7) is 14.2. The van der Waals surface area contributed by atoms with Crippen LogP contribution in [0.5, 0.6) is 0 Å². The summed E-state index contributed by atoms with van der Waals surface area (Å²) < 4.78 is 0. The minimum atomic E-state index is 0. The van der Waals surface area contributed by atoms with E-state index in [1.807, 2.05) is 13.8 Å². The van der Waals surface area contributed by atoms with Gasteiger partial charge in [-0.15, -0.1) is 0 Å². The van der Waals surface area contributed by atoms with Gasteiger partial charge in [0.05, 0.1) is 6.04 Å². The monoisotopic (exact) mass is 366 g/mol. The molecule has 0 fully saturated rings. The minimum Gasteiger partial charge on any atom is -0.360 e. The lowest BCUT2D eigenvalue weighted by Gasteiger charge is -2.34. The summed E-state index contributed by atoms with van der Waals surface area (Å²) in [7, 11) is 0. The maximum Gasteiger partial charge on any atom is 0.0546 e. The molecule has 0 aromatic heterocycles. The van der Waals surface area contributed by atoms with Crippen LogP contribution in [0.4, 0.5) is 5.69 Å². The standard InChI is InChI=1S/C23H29N.C2H6.H3N/c1-18-13-14-22(20-10-8-9-15-23(3,4)16-20)24(17-19(18)2)21-11-6-5-7-12-21;1-2;/h5-12,15-16,22H,13-14,17H2,1-4H3;1-2H3;1H3. The Morgan fingerprint density at radius 2 is 1.63 bits per heavy atom. The van der Waals surface area contributed by atoms with Crippen molar-refractivity contribution in [1.82, 2.24) is 6.15 Å². The van der Waals surface area contributed by atoms with Gasteiger partial charge in [-0.1, -0.05) is 87.4 Å². The summed E-state index contributed by atoms with van der Waals surface area (Å²) in [5.74, 6) is 0. The molecule has 2 aliphatic rings. The number of anilines is 1. The molecule has 3 N–H and O–H groups in total. The highest BCUT2D eigenvalue weighted by Crippen LogP contribution is 2.34. The molecular formula is C25H38N2. The Morgan fingerprint density at radius 3 is 2.30 bits per heavy atom. The summed E-state index contributed by atoms with van der Waals surface area (Å²) in [6.07, 6.45) is 13.8. The normalized spacial score (nSPS) is 21.3. The maximum atomic E-state index is 2.59. The molecule has 1 atom stereocenters. The molecule has 1 aliphatic heterocycles. The van der Waals surface area contributed by atoms with Crippen molar-refractivity contribution >= 4 is 5.69 Å². The summed E-state index contributed by atoms with van der Waals surface area (Å²) in [5.41, 5.74) is 5.92. The van der Waals surface area contributed by atoms with Crippen LogP contribution < -0.4 is 11.1 Å². The number of para-hydroxylation sites is 1. The first-order valence-corrected chi connectivity index (χ1v) is 10.0. The molecule has 0 amide bonds. The van der Waals surface area contributed by atoms with E-state index in [0.29, 0.717) is 6.04 Å². The molecular weight excluding hydrogens is 328 g/mol. The molecule has 0 bridgehead atoms. The lowest BCUT2D eigenvalue weighted by Crippen LogP contribution is -2.37. The van der Waals surface area contributed by atoms with Crippen molar-refractivity contribution in [2.24, 2.45) is 5.41 Å². The van der Waals surface area contributed by atoms with Gasteiger partial charge >= 0.3 is 0 Å². The molecule has 0 saturated heterocycles. The largest absolute Gasteiger partial charge is 0.360 e. The Bertz CT molecular complexity index is 705. The van der Waals surface area contributed by atoms with E-state index in [2.05, 4.69) is 93.3 Å². The van der Waals surface area contributed by atoms with Gasteiger partial charge in [-0.2, -0.15) is 0 Å². The lowest BCUT2D eigenvalue weighted by molar-refractivity contribution is 0.598. The molecule has 2 heteroatoms. The Hall–Kier alpha value is -2.06. The van der Waals surface area contributed by atoms with Gasteiger partial charge in [0.1, 0.15) is 0 Å². The van der Waals surface area contributed by atoms with Crippen LogP contribution in [0.3, 0.4) is 0 Å². The van der Waals surface area contributed by atoms with Gasteiger partial charge in [-0.25, -0.2) is 0 Å². The van der Waals surface area contributed by atoms with Crippen molar-refractivity contribution in [3.63, 3.8) is 0 Å². The number of hydrogen-bond donors (Lipinski definition) is 1. The van der Waals surface area contributed by atoms with Crippen LogP contribution in [-0.2, 0) is 0 Å². The van der Waals surface area contributed by atoms with E-state index in [1.54, 1.807) is 5.57 Å². The van der Waals surface area contributed by atoms with Gasteiger partial charge in [0.25, 0.3) is 0 Å². The van der Waals surface area contributed by atoms with Gasteiger partial charge in [-0.3, -0.25) is 0 Å². The Labute approximate surface area is 166 Å². The third kappa shape index (κ3) is 5.97. The van der Waals surface area contributed by atoms with Gasteiger partial charge in [0.2, 0.25) is 0 Å². The summed E-state index contributed by atoms with van der Waals surface area (Å²) in [5, 5.41) is 0. The summed E-state index contributed by atoms with van der Waals surface area (Å²) in [6, 6.07) is 11.3. The quantitative estimate of drug-likeness (QED) is 0.559. The van der Waals surface area contributed by atoms with Crippen LogP contribution in [0.25, 0.3) is 0 Å². The van der Waals surface area contributed by atoms with Gasteiger partial charge in [0.15, 0.2) is 0 Å². The molecule has 1 heterocycles. The third-order valence-corrected chi connectivity index (χ3v) is 5.24. The second-order valence-electron chi connectivity index (χ2n) is 7.76. The fourth-order valence-corrected chi connectivity index (χ4v) is 3.66. The zero-order valence-electron chi connectivity index (χ0n) is 18.1. The van der Waals surface area contributed by atoms with Crippen LogP contribution in [0.2, 0.25) is 0 Å². The Balaban J connectivity index is 0.00000118. The third-order valence-electron chi connectivity index (χ3n) is 5.24. The van der Waals surface area contributed by atoms with Crippen LogP contribution in [-0.4, -0.2) is 12.6 Å². The molecule has 2 nitrogen and oxygen atoms in total. The number of rotatable bonds is 2. The first-order chi connectivity index (χ1) is 12.5. The molecule has 0 saturated carbocycles. The van der Waals surface area contributed by atoms with Gasteiger partial charge in [0, 0.05) is 17.6 Å². The number of allylic oxidation sites excluding steroid dienone is 5. The van der Waals surface area contributed by atoms with Gasteiger partial charge in [-0.05, 0) is 44.4 Å². The fraction of sp³-hybridized carbons (Fsp3) is 0.440. The van der Waals surface area contributed by atoms with E-state index >= 15 is 0 Å². The molecule has 1 aromatic carbocycles. The molecule has 1 aliphatic carbocycles. The molecule has 0 radical (unpaired) electrons. The Morgan fingerprint density at radius 1 is 0.963 bits per heavy atom. The maximum absolute atomic E-state index is 2.59. The first-order valence-electron chi connectivity index (χ1n) is 10.0. The van der Waals surface area contributed by atoms with Crippen molar-refractivity contribution in [1.29, 1.82) is 0 Å². The SMILES string of the molecule is CC.CC1=C(C)CN(c2ccccc2)C(C2=CC(C)(C)C=CC=C2)CC1.N. The zero-order valence-corrected chi connectivity index (χ0v) is 18.1. The van der Waals surface area contributed by atoms with Crippen molar-refractivity contribution in [3.05, 3.63) is 77.4 Å². The number of hydrogen-bond acceptors (Lipinski definition) is 2. The minimum absolute atomic E-state index is 0. The molecule has 1 aromatic rings. The van der Waals surface area contributed by atoms with Crippen LogP contribution in [0, 0.1) is 5.41 Å². The average Bonchev–Trinajstić information content (AvgIpc) is 2.91. The lowest BCUT2D eigenvalue weighted by atomic mass is 9.88. The van der Waals surface area contributed by atoms with Gasteiger partial charge < -0.3 is 11.1 Å². The van der Waals surface area contributed by atoms with Crippen molar-refractivity contribution in [2.75, 3.05) is 11.4 Å². The predicted molar refractivity (Wildman–Crippen MR) is 122 cm³/mol. The predicted octanol–water partition coefficient (Wildman–Crippen LogP) is 7.26. The summed E-state index contributed by atoms with van der Waals surface area (Å²) >= 11 is 0. The molecule has 27 heavy (non-hydrogen) atoms. The highest BCUT2D eigenvalue weighted by Gasteiger charge is 2.27. The van der Waals surface area contributed by atoms with Crippen molar-refractivity contribution in [2.45, 2.75) is 60.4 Å². The molecule has 0 spiro atoms. The molecule has 148 valence electrons. The topological polar surface area (TPSA) is 38.2 Å². The van der Waals surface area contributed by atoms with E-state index < -0.39 is 0 Å². The molecule has 3 rings (SSSR count). The highest BCUT2D eigenvalue weighted by atomic mass is 15.2. The van der Waals surface area contributed by atoms with E-state index in [-0.39, 0.29) is 11.6 Å². The number of nitrogens with zero attached hydrogens (tertiary/aromatic N) is 1. The Kier molecular flexibility index (Phi) is 8.78. The smallest absolute Gasteiger partial charge is 0.0546 e.